The zero-order chi connectivity index (χ0) is 10.1. The van der Waals surface area contributed by atoms with E-state index < -0.39 is 0 Å². The van der Waals surface area contributed by atoms with Crippen LogP contribution in [0.4, 0.5) is 0 Å². The SMILES string of the molecule is c1n[nH]nc1C(Cn1cnnn1)C1CC1. The van der Waals surface area contributed by atoms with Crippen molar-refractivity contribution in [3.8, 4) is 0 Å². The van der Waals surface area contributed by atoms with Crippen LogP contribution in [-0.2, 0) is 6.54 Å². The number of rotatable bonds is 4. The van der Waals surface area contributed by atoms with Gasteiger partial charge in [0.2, 0.25) is 0 Å². The molecule has 1 unspecified atom stereocenters. The number of aromatic nitrogens is 7. The molecule has 78 valence electrons. The van der Waals surface area contributed by atoms with Crippen molar-refractivity contribution >= 4 is 0 Å². The molecule has 1 fully saturated rings. The highest BCUT2D eigenvalue weighted by Gasteiger charge is 2.34. The first-order valence-electron chi connectivity index (χ1n) is 5.00. The maximum Gasteiger partial charge on any atom is 0.138 e. The summed E-state index contributed by atoms with van der Waals surface area (Å²) in [5.41, 5.74) is 1.01. The average Bonchev–Trinajstić information content (AvgIpc) is 2.78. The predicted molar refractivity (Wildman–Crippen MR) is 49.7 cm³/mol. The largest absolute Gasteiger partial charge is 0.232 e. The summed E-state index contributed by atoms with van der Waals surface area (Å²) < 4.78 is 1.75. The smallest absolute Gasteiger partial charge is 0.138 e. The fraction of sp³-hybridized carbons (Fsp3) is 0.625. The van der Waals surface area contributed by atoms with Crippen LogP contribution in [0.5, 0.6) is 0 Å². The standard InChI is InChI=1S/C8H11N7/c1-2-6(1)7(8-3-9-12-11-8)4-15-5-10-13-14-15/h3,5-7H,1-2,4H2,(H,9,11,12). The summed E-state index contributed by atoms with van der Waals surface area (Å²) in [4.78, 5) is 0. The van der Waals surface area contributed by atoms with Gasteiger partial charge in [-0.2, -0.15) is 15.4 Å². The Labute approximate surface area is 85.9 Å². The summed E-state index contributed by atoms with van der Waals surface area (Å²) in [6.45, 7) is 0.782. The Morgan fingerprint density at radius 2 is 2.47 bits per heavy atom. The number of tetrazole rings is 1. The number of nitrogens with one attached hydrogen (secondary N) is 1. The fourth-order valence-corrected chi connectivity index (χ4v) is 1.84. The van der Waals surface area contributed by atoms with Crippen LogP contribution in [0.15, 0.2) is 12.5 Å². The fourth-order valence-electron chi connectivity index (χ4n) is 1.84. The number of H-pyrrole nitrogens is 1. The average molecular weight is 205 g/mol. The van der Waals surface area contributed by atoms with E-state index in [0.717, 1.165) is 12.2 Å². The lowest BCUT2D eigenvalue weighted by Gasteiger charge is -2.11. The van der Waals surface area contributed by atoms with Crippen molar-refractivity contribution < 1.29 is 0 Å². The first-order chi connectivity index (χ1) is 7.43. The second-order valence-corrected chi connectivity index (χ2v) is 3.87. The van der Waals surface area contributed by atoms with E-state index in [1.807, 2.05) is 0 Å². The van der Waals surface area contributed by atoms with Gasteiger partial charge in [0.25, 0.3) is 0 Å². The molecule has 7 nitrogen and oxygen atoms in total. The van der Waals surface area contributed by atoms with Crippen molar-refractivity contribution in [2.45, 2.75) is 25.3 Å². The normalized spacial score (nSPS) is 17.9. The maximum atomic E-state index is 4.14. The van der Waals surface area contributed by atoms with E-state index >= 15 is 0 Å². The van der Waals surface area contributed by atoms with Gasteiger partial charge in [0, 0.05) is 5.92 Å². The van der Waals surface area contributed by atoms with Gasteiger partial charge in [0.1, 0.15) is 6.33 Å². The molecule has 3 rings (SSSR count). The maximum absolute atomic E-state index is 4.14. The lowest BCUT2D eigenvalue weighted by molar-refractivity contribution is 0.456. The highest BCUT2D eigenvalue weighted by atomic mass is 15.5. The van der Waals surface area contributed by atoms with Crippen LogP contribution in [0.25, 0.3) is 0 Å². The van der Waals surface area contributed by atoms with E-state index in [9.17, 15) is 0 Å². The zero-order valence-electron chi connectivity index (χ0n) is 8.11. The topological polar surface area (TPSA) is 85.2 Å². The van der Waals surface area contributed by atoms with E-state index in [2.05, 4.69) is 30.9 Å². The van der Waals surface area contributed by atoms with Gasteiger partial charge < -0.3 is 0 Å². The molecular weight excluding hydrogens is 194 g/mol. The highest BCUT2D eigenvalue weighted by molar-refractivity contribution is 5.06. The lowest BCUT2D eigenvalue weighted by Crippen LogP contribution is -2.12. The molecule has 2 aromatic heterocycles. The molecule has 0 aliphatic heterocycles. The van der Waals surface area contributed by atoms with Crippen molar-refractivity contribution in [2.24, 2.45) is 5.92 Å². The van der Waals surface area contributed by atoms with Crippen LogP contribution in [0.3, 0.4) is 0 Å². The Balaban J connectivity index is 1.80. The first kappa shape index (κ1) is 8.51. The number of aromatic amines is 1. The predicted octanol–water partition coefficient (Wildman–Crippen LogP) is -0.0150. The molecule has 1 aliphatic carbocycles. The van der Waals surface area contributed by atoms with Crippen molar-refractivity contribution in [2.75, 3.05) is 0 Å². The Hall–Kier alpha value is -1.79. The highest BCUT2D eigenvalue weighted by Crippen LogP contribution is 2.42. The minimum absolute atomic E-state index is 0.382. The molecule has 7 heteroatoms. The van der Waals surface area contributed by atoms with Gasteiger partial charge in [0.15, 0.2) is 0 Å². The van der Waals surface area contributed by atoms with Crippen molar-refractivity contribution in [3.63, 3.8) is 0 Å². The minimum Gasteiger partial charge on any atom is -0.232 e. The van der Waals surface area contributed by atoms with E-state index in [-0.39, 0.29) is 0 Å². The van der Waals surface area contributed by atoms with Crippen LogP contribution >= 0.6 is 0 Å². The van der Waals surface area contributed by atoms with Crippen LogP contribution in [0.2, 0.25) is 0 Å². The summed E-state index contributed by atoms with van der Waals surface area (Å²) >= 11 is 0. The van der Waals surface area contributed by atoms with Gasteiger partial charge in [-0.05, 0) is 29.2 Å². The second kappa shape index (κ2) is 3.41. The van der Waals surface area contributed by atoms with Crippen LogP contribution < -0.4 is 0 Å². The third-order valence-corrected chi connectivity index (χ3v) is 2.78. The third kappa shape index (κ3) is 1.72. The summed E-state index contributed by atoms with van der Waals surface area (Å²) in [5, 5.41) is 21.8. The van der Waals surface area contributed by atoms with Gasteiger partial charge in [-0.1, -0.05) is 0 Å². The Morgan fingerprint density at radius 3 is 3.07 bits per heavy atom. The van der Waals surface area contributed by atoms with Gasteiger partial charge in [0.05, 0.1) is 18.4 Å². The van der Waals surface area contributed by atoms with E-state index in [1.54, 1.807) is 17.2 Å². The molecule has 0 spiro atoms. The van der Waals surface area contributed by atoms with E-state index in [1.165, 1.54) is 12.8 Å². The molecule has 2 aromatic rings. The molecule has 1 atom stereocenters. The van der Waals surface area contributed by atoms with Gasteiger partial charge in [-0.25, -0.2) is 4.68 Å². The zero-order valence-corrected chi connectivity index (χ0v) is 8.11. The molecule has 0 bridgehead atoms. The number of nitrogens with zero attached hydrogens (tertiary/aromatic N) is 6. The summed E-state index contributed by atoms with van der Waals surface area (Å²) in [7, 11) is 0. The van der Waals surface area contributed by atoms with Gasteiger partial charge in [-0.15, -0.1) is 5.10 Å². The molecule has 1 N–H and O–H groups in total. The van der Waals surface area contributed by atoms with Crippen LogP contribution in [0, 0.1) is 5.92 Å². The number of hydrogen-bond donors (Lipinski definition) is 1. The molecule has 0 saturated heterocycles. The van der Waals surface area contributed by atoms with Crippen molar-refractivity contribution in [1.29, 1.82) is 0 Å². The lowest BCUT2D eigenvalue weighted by atomic mass is 10.0. The Kier molecular flexibility index (Phi) is 1.94. The summed E-state index contributed by atoms with van der Waals surface area (Å²) in [6.07, 6.45) is 5.95. The Morgan fingerprint density at radius 1 is 1.53 bits per heavy atom. The third-order valence-electron chi connectivity index (χ3n) is 2.78. The van der Waals surface area contributed by atoms with Crippen molar-refractivity contribution in [3.05, 3.63) is 18.2 Å². The van der Waals surface area contributed by atoms with Crippen LogP contribution in [-0.4, -0.2) is 35.6 Å². The Bertz CT molecular complexity index is 402. The van der Waals surface area contributed by atoms with Gasteiger partial charge in [-0.3, -0.25) is 0 Å². The number of hydrogen-bond acceptors (Lipinski definition) is 5. The molecule has 2 heterocycles. The van der Waals surface area contributed by atoms with Crippen molar-refractivity contribution in [1.82, 2.24) is 35.6 Å². The monoisotopic (exact) mass is 205 g/mol. The second-order valence-electron chi connectivity index (χ2n) is 3.87. The molecule has 1 saturated carbocycles. The molecule has 0 radical (unpaired) electrons. The molecule has 1 aliphatic rings. The molecule has 0 aromatic carbocycles. The minimum atomic E-state index is 0.382. The molecule has 0 amide bonds. The summed E-state index contributed by atoms with van der Waals surface area (Å²) in [6, 6.07) is 0. The van der Waals surface area contributed by atoms with E-state index in [4.69, 9.17) is 0 Å². The molecule has 15 heavy (non-hydrogen) atoms. The quantitative estimate of drug-likeness (QED) is 0.758. The molecular formula is C8H11N7. The van der Waals surface area contributed by atoms with Gasteiger partial charge >= 0.3 is 0 Å². The summed E-state index contributed by atoms with van der Waals surface area (Å²) in [5.74, 6) is 1.09. The first-order valence-corrected chi connectivity index (χ1v) is 5.00. The van der Waals surface area contributed by atoms with E-state index in [0.29, 0.717) is 11.8 Å². The van der Waals surface area contributed by atoms with Crippen LogP contribution in [0.1, 0.15) is 24.5 Å².